The average Bonchev–Trinajstić information content (AvgIpc) is 3.15. The highest BCUT2D eigenvalue weighted by atomic mass is 16.5. The van der Waals surface area contributed by atoms with Crippen LogP contribution in [0.15, 0.2) is 71.8 Å². The van der Waals surface area contributed by atoms with Gasteiger partial charge in [-0.05, 0) is 35.1 Å². The number of hydrogen-bond donors (Lipinski definition) is 1. The second-order valence-electron chi connectivity index (χ2n) is 10.2. The molecule has 0 amide bonds. The van der Waals surface area contributed by atoms with Crippen LogP contribution in [0.5, 0.6) is 0 Å². The number of pyridine rings is 1. The van der Waals surface area contributed by atoms with Crippen LogP contribution in [-0.4, -0.2) is 41.2 Å². The van der Waals surface area contributed by atoms with Gasteiger partial charge in [-0.2, -0.15) is 0 Å². The predicted octanol–water partition coefficient (Wildman–Crippen LogP) is 4.57. The number of ketones is 1. The number of fused-ring (bicyclic) bond motifs is 4. The average molecular weight is 458 g/mol. The van der Waals surface area contributed by atoms with Crippen molar-refractivity contribution in [3.05, 3.63) is 77.4 Å². The van der Waals surface area contributed by atoms with Crippen LogP contribution in [0.2, 0.25) is 0 Å². The van der Waals surface area contributed by atoms with Crippen molar-refractivity contribution in [1.82, 2.24) is 4.98 Å². The molecule has 1 unspecified atom stereocenters. The summed E-state index contributed by atoms with van der Waals surface area (Å²) >= 11 is 0. The van der Waals surface area contributed by atoms with Crippen LogP contribution in [-0.2, 0) is 19.1 Å². The standard InChI is InChI=1S/C28H27NO5/c1-28-7-5-17-10-20-22(30)11-19(27(31)32)12-23(20)34-26(17)21(28)13-24(33-2)25(28)16-3-4-18-14-29-8-6-15(18)9-16/h3-10,14,19,21,24-26H,11-13H2,1-2H3,(H,31,32)/t19?,21-,24+,25-,26+,28-/m0/s1. The Morgan fingerprint density at radius 1 is 1.24 bits per heavy atom. The number of nitrogens with zero attached hydrogens (tertiary/aromatic N) is 1. The van der Waals surface area contributed by atoms with E-state index >= 15 is 0 Å². The first kappa shape index (κ1) is 21.3. The number of carboxylic acids is 1. The monoisotopic (exact) mass is 457 g/mol. The summed E-state index contributed by atoms with van der Waals surface area (Å²) in [5, 5.41) is 11.8. The topological polar surface area (TPSA) is 85.7 Å². The molecule has 6 rings (SSSR count). The molecule has 6 nitrogen and oxygen atoms in total. The lowest BCUT2D eigenvalue weighted by Gasteiger charge is -2.44. The maximum absolute atomic E-state index is 12.7. The molecule has 3 aliphatic carbocycles. The number of allylic oxidation sites excluding steroid dienone is 4. The van der Waals surface area contributed by atoms with Crippen LogP contribution in [0.4, 0.5) is 0 Å². The van der Waals surface area contributed by atoms with E-state index in [9.17, 15) is 14.7 Å². The molecule has 0 spiro atoms. The maximum Gasteiger partial charge on any atom is 0.307 e. The van der Waals surface area contributed by atoms with Crippen molar-refractivity contribution in [2.75, 3.05) is 7.11 Å². The Labute approximate surface area is 198 Å². The van der Waals surface area contributed by atoms with Gasteiger partial charge in [-0.1, -0.05) is 37.3 Å². The van der Waals surface area contributed by atoms with E-state index in [1.54, 1.807) is 7.11 Å². The molecule has 1 aliphatic heterocycles. The molecule has 0 bridgehead atoms. The molecule has 6 heteroatoms. The fraction of sp³-hybridized carbons (Fsp3) is 0.393. The van der Waals surface area contributed by atoms with E-state index in [2.05, 4.69) is 42.3 Å². The van der Waals surface area contributed by atoms with Crippen molar-refractivity contribution < 1.29 is 24.2 Å². The molecule has 2 heterocycles. The summed E-state index contributed by atoms with van der Waals surface area (Å²) in [4.78, 5) is 28.5. The highest BCUT2D eigenvalue weighted by Gasteiger charge is 2.57. The van der Waals surface area contributed by atoms with Gasteiger partial charge < -0.3 is 14.6 Å². The normalized spacial score (nSPS) is 34.2. The zero-order chi connectivity index (χ0) is 23.6. The molecule has 4 aliphatic rings. The molecular weight excluding hydrogens is 430 g/mol. The number of hydrogen-bond acceptors (Lipinski definition) is 5. The molecule has 0 saturated heterocycles. The zero-order valence-corrected chi connectivity index (χ0v) is 19.2. The van der Waals surface area contributed by atoms with Crippen LogP contribution in [0.1, 0.15) is 37.7 Å². The molecule has 6 atom stereocenters. The quantitative estimate of drug-likeness (QED) is 0.727. The summed E-state index contributed by atoms with van der Waals surface area (Å²) < 4.78 is 12.5. The van der Waals surface area contributed by atoms with Gasteiger partial charge in [-0.3, -0.25) is 14.6 Å². The Morgan fingerprint density at radius 3 is 2.88 bits per heavy atom. The minimum atomic E-state index is -0.946. The van der Waals surface area contributed by atoms with E-state index in [4.69, 9.17) is 9.47 Å². The minimum Gasteiger partial charge on any atom is -0.489 e. The Kier molecular flexibility index (Phi) is 4.78. The third kappa shape index (κ3) is 3.08. The number of carboxylic acid groups (broad SMARTS) is 1. The largest absolute Gasteiger partial charge is 0.489 e. The van der Waals surface area contributed by atoms with Gasteiger partial charge in [0.25, 0.3) is 0 Å². The summed E-state index contributed by atoms with van der Waals surface area (Å²) in [6, 6.07) is 8.56. The molecule has 34 heavy (non-hydrogen) atoms. The van der Waals surface area contributed by atoms with Crippen LogP contribution >= 0.6 is 0 Å². The third-order valence-corrected chi connectivity index (χ3v) is 8.38. The van der Waals surface area contributed by atoms with Crippen molar-refractivity contribution in [2.45, 2.75) is 44.3 Å². The Morgan fingerprint density at radius 2 is 2.09 bits per heavy atom. The summed E-state index contributed by atoms with van der Waals surface area (Å²) in [6.45, 7) is 2.27. The van der Waals surface area contributed by atoms with Crippen LogP contribution in [0.25, 0.3) is 10.8 Å². The van der Waals surface area contributed by atoms with Gasteiger partial charge in [0, 0.05) is 55.0 Å². The van der Waals surface area contributed by atoms with Gasteiger partial charge >= 0.3 is 5.97 Å². The van der Waals surface area contributed by atoms with Gasteiger partial charge in [0.05, 0.1) is 17.6 Å². The molecule has 0 radical (unpaired) electrons. The van der Waals surface area contributed by atoms with Crippen molar-refractivity contribution in [2.24, 2.45) is 17.3 Å². The second-order valence-corrected chi connectivity index (χ2v) is 10.2. The number of carbonyl (C=O) groups excluding carboxylic acids is 1. The van der Waals surface area contributed by atoms with E-state index in [0.29, 0.717) is 11.3 Å². The van der Waals surface area contributed by atoms with Gasteiger partial charge in [0.2, 0.25) is 0 Å². The molecule has 1 aromatic heterocycles. The number of Topliss-reactive ketones (excluding diaryl/α,β-unsaturated/α-hetero) is 1. The van der Waals surface area contributed by atoms with Crippen LogP contribution in [0.3, 0.4) is 0 Å². The van der Waals surface area contributed by atoms with Gasteiger partial charge in [-0.25, -0.2) is 0 Å². The second kappa shape index (κ2) is 7.64. The van der Waals surface area contributed by atoms with Crippen molar-refractivity contribution >= 4 is 22.5 Å². The summed E-state index contributed by atoms with van der Waals surface area (Å²) in [6.07, 6.45) is 10.9. The lowest BCUT2D eigenvalue weighted by Crippen LogP contribution is -2.41. The smallest absolute Gasteiger partial charge is 0.307 e. The van der Waals surface area contributed by atoms with Crippen molar-refractivity contribution in [1.29, 1.82) is 0 Å². The number of aromatic nitrogens is 1. The van der Waals surface area contributed by atoms with Crippen molar-refractivity contribution in [3.63, 3.8) is 0 Å². The molecule has 1 N–H and O–H groups in total. The summed E-state index contributed by atoms with van der Waals surface area (Å²) in [5.74, 6) is -1.00. The highest BCUT2D eigenvalue weighted by Crippen LogP contribution is 2.60. The third-order valence-electron chi connectivity index (χ3n) is 8.38. The molecule has 2 aromatic rings. The first-order chi connectivity index (χ1) is 16.4. The summed E-state index contributed by atoms with van der Waals surface area (Å²) in [7, 11) is 1.77. The number of benzene rings is 1. The van der Waals surface area contributed by atoms with E-state index < -0.39 is 11.9 Å². The number of rotatable bonds is 3. The maximum atomic E-state index is 12.7. The highest BCUT2D eigenvalue weighted by molar-refractivity contribution is 6.02. The fourth-order valence-electron chi connectivity index (χ4n) is 6.60. The Bertz CT molecular complexity index is 1310. The van der Waals surface area contributed by atoms with Gasteiger partial charge in [0.1, 0.15) is 11.9 Å². The van der Waals surface area contributed by atoms with E-state index in [0.717, 1.165) is 22.8 Å². The molecule has 1 aromatic carbocycles. The number of aliphatic carboxylic acids is 1. The molecule has 1 saturated carbocycles. The Hall–Kier alpha value is -3.25. The minimum absolute atomic E-state index is 0.0111. The lowest BCUT2D eigenvalue weighted by molar-refractivity contribution is -0.144. The van der Waals surface area contributed by atoms with Gasteiger partial charge in [-0.15, -0.1) is 0 Å². The van der Waals surface area contributed by atoms with Crippen molar-refractivity contribution in [3.8, 4) is 0 Å². The van der Waals surface area contributed by atoms with E-state index in [-0.39, 0.29) is 48.1 Å². The number of carbonyl (C=O) groups is 2. The van der Waals surface area contributed by atoms with Gasteiger partial charge in [0.15, 0.2) is 5.78 Å². The number of ether oxygens (including phenoxy) is 2. The van der Waals surface area contributed by atoms with Crippen LogP contribution < -0.4 is 0 Å². The SMILES string of the molecule is CO[C@@H]1C[C@H]2[C@@H]3OC4=C(C=C3C=C[C@]2(C)[C@H]1c1ccc2cnccc2c1)C(=O)CC(C(=O)O)C4. The van der Waals surface area contributed by atoms with Crippen LogP contribution in [0, 0.1) is 17.3 Å². The Balaban J connectivity index is 1.39. The molecular formula is C28H27NO5. The fourth-order valence-corrected chi connectivity index (χ4v) is 6.60. The first-order valence-electron chi connectivity index (χ1n) is 11.8. The lowest BCUT2D eigenvalue weighted by atomic mass is 9.64. The molecule has 1 fully saturated rings. The van der Waals surface area contributed by atoms with E-state index in [1.807, 2.05) is 24.5 Å². The molecule has 174 valence electrons. The number of methoxy groups -OCH3 is 1. The zero-order valence-electron chi connectivity index (χ0n) is 19.2. The summed E-state index contributed by atoms with van der Waals surface area (Å²) in [5.41, 5.74) is 2.54. The van der Waals surface area contributed by atoms with E-state index in [1.165, 1.54) is 5.56 Å². The predicted molar refractivity (Wildman–Crippen MR) is 126 cm³/mol. The first-order valence-corrected chi connectivity index (χ1v) is 11.8.